The molecule has 1 atom stereocenters. The SMILES string of the molecule is C[C@H](N)c1cc(F)ccc1OCC#N. The summed E-state index contributed by atoms with van der Waals surface area (Å²) in [5.74, 6) is 0.101. The van der Waals surface area contributed by atoms with E-state index >= 15 is 0 Å². The van der Waals surface area contributed by atoms with Gasteiger partial charge in [-0.15, -0.1) is 0 Å². The third kappa shape index (κ3) is 2.44. The fourth-order valence-electron chi connectivity index (χ4n) is 1.12. The van der Waals surface area contributed by atoms with Gasteiger partial charge in [0.2, 0.25) is 0 Å². The molecule has 0 aromatic heterocycles. The zero-order valence-electron chi connectivity index (χ0n) is 7.83. The van der Waals surface area contributed by atoms with E-state index in [-0.39, 0.29) is 18.5 Å². The summed E-state index contributed by atoms with van der Waals surface area (Å²) in [5.41, 5.74) is 6.20. The first kappa shape index (κ1) is 10.5. The van der Waals surface area contributed by atoms with Gasteiger partial charge in [0.1, 0.15) is 17.6 Å². The minimum atomic E-state index is -0.360. The summed E-state index contributed by atoms with van der Waals surface area (Å²) < 4.78 is 17.9. The van der Waals surface area contributed by atoms with Crippen LogP contribution in [0.5, 0.6) is 5.75 Å². The highest BCUT2D eigenvalue weighted by Crippen LogP contribution is 2.24. The third-order valence-electron chi connectivity index (χ3n) is 1.75. The van der Waals surface area contributed by atoms with E-state index in [1.165, 1.54) is 18.2 Å². The molecular formula is C10H11FN2O. The van der Waals surface area contributed by atoms with Crippen molar-refractivity contribution in [2.24, 2.45) is 5.73 Å². The molecule has 2 N–H and O–H groups in total. The maximum absolute atomic E-state index is 12.9. The minimum Gasteiger partial charge on any atom is -0.478 e. The largest absolute Gasteiger partial charge is 0.478 e. The lowest BCUT2D eigenvalue weighted by Crippen LogP contribution is -2.08. The number of hydrogen-bond donors (Lipinski definition) is 1. The average molecular weight is 194 g/mol. The Labute approximate surface area is 81.9 Å². The summed E-state index contributed by atoms with van der Waals surface area (Å²) in [7, 11) is 0. The molecule has 74 valence electrons. The van der Waals surface area contributed by atoms with E-state index in [0.29, 0.717) is 11.3 Å². The Hall–Kier alpha value is -1.60. The molecule has 0 radical (unpaired) electrons. The quantitative estimate of drug-likeness (QED) is 0.797. The van der Waals surface area contributed by atoms with Crippen LogP contribution in [-0.4, -0.2) is 6.61 Å². The number of nitrogens with two attached hydrogens (primary N) is 1. The second kappa shape index (κ2) is 4.58. The Bertz CT molecular complexity index is 358. The van der Waals surface area contributed by atoms with Crippen molar-refractivity contribution in [3.63, 3.8) is 0 Å². The minimum absolute atomic E-state index is 0.0641. The Morgan fingerprint density at radius 1 is 1.64 bits per heavy atom. The summed E-state index contributed by atoms with van der Waals surface area (Å²) in [5, 5.41) is 8.33. The first-order valence-corrected chi connectivity index (χ1v) is 4.20. The van der Waals surface area contributed by atoms with E-state index in [2.05, 4.69) is 0 Å². The lowest BCUT2D eigenvalue weighted by molar-refractivity contribution is 0.361. The molecule has 0 fully saturated rings. The molecule has 1 aromatic rings. The van der Waals surface area contributed by atoms with Crippen molar-refractivity contribution >= 4 is 0 Å². The highest BCUT2D eigenvalue weighted by molar-refractivity contribution is 5.36. The van der Waals surface area contributed by atoms with Crippen LogP contribution in [-0.2, 0) is 0 Å². The molecule has 0 spiro atoms. The van der Waals surface area contributed by atoms with Crippen molar-refractivity contribution in [1.29, 1.82) is 5.26 Å². The van der Waals surface area contributed by atoms with Crippen molar-refractivity contribution in [3.05, 3.63) is 29.6 Å². The van der Waals surface area contributed by atoms with Crippen LogP contribution in [0, 0.1) is 17.1 Å². The summed E-state index contributed by atoms with van der Waals surface area (Å²) in [6, 6.07) is 5.59. The highest BCUT2D eigenvalue weighted by Gasteiger charge is 2.09. The van der Waals surface area contributed by atoms with Gasteiger partial charge in [-0.1, -0.05) is 0 Å². The van der Waals surface area contributed by atoms with Crippen LogP contribution in [0.15, 0.2) is 18.2 Å². The average Bonchev–Trinajstić information content (AvgIpc) is 2.15. The fraction of sp³-hybridized carbons (Fsp3) is 0.300. The van der Waals surface area contributed by atoms with Crippen LogP contribution >= 0.6 is 0 Å². The Kier molecular flexibility index (Phi) is 3.43. The van der Waals surface area contributed by atoms with Gasteiger partial charge >= 0.3 is 0 Å². The number of rotatable bonds is 3. The predicted octanol–water partition coefficient (Wildman–Crippen LogP) is 1.75. The summed E-state index contributed by atoms with van der Waals surface area (Å²) in [6.45, 7) is 1.67. The molecule has 1 aromatic carbocycles. The topological polar surface area (TPSA) is 59.0 Å². The molecule has 3 nitrogen and oxygen atoms in total. The normalized spacial score (nSPS) is 11.9. The summed E-state index contributed by atoms with van der Waals surface area (Å²) in [6.07, 6.45) is 0. The molecule has 0 saturated heterocycles. The van der Waals surface area contributed by atoms with Crippen LogP contribution in [0.25, 0.3) is 0 Å². The van der Waals surface area contributed by atoms with E-state index in [0.717, 1.165) is 0 Å². The van der Waals surface area contributed by atoms with Gasteiger partial charge in [-0.3, -0.25) is 0 Å². The Balaban J connectivity index is 2.97. The zero-order chi connectivity index (χ0) is 10.6. The molecule has 0 saturated carbocycles. The number of benzene rings is 1. The van der Waals surface area contributed by atoms with Crippen molar-refractivity contribution in [3.8, 4) is 11.8 Å². The van der Waals surface area contributed by atoms with Gasteiger partial charge in [-0.05, 0) is 25.1 Å². The number of hydrogen-bond acceptors (Lipinski definition) is 3. The van der Waals surface area contributed by atoms with Crippen LogP contribution in [0.2, 0.25) is 0 Å². The van der Waals surface area contributed by atoms with E-state index in [9.17, 15) is 4.39 Å². The van der Waals surface area contributed by atoms with Gasteiger partial charge in [0.05, 0.1) is 0 Å². The fourth-order valence-corrected chi connectivity index (χ4v) is 1.12. The van der Waals surface area contributed by atoms with Crippen molar-refractivity contribution in [2.75, 3.05) is 6.61 Å². The van der Waals surface area contributed by atoms with Crippen molar-refractivity contribution < 1.29 is 9.13 Å². The van der Waals surface area contributed by atoms with Crippen molar-refractivity contribution in [2.45, 2.75) is 13.0 Å². The highest BCUT2D eigenvalue weighted by atomic mass is 19.1. The molecule has 0 bridgehead atoms. The van der Waals surface area contributed by atoms with Crippen molar-refractivity contribution in [1.82, 2.24) is 0 Å². The zero-order valence-corrected chi connectivity index (χ0v) is 7.83. The Morgan fingerprint density at radius 2 is 2.36 bits per heavy atom. The standard InChI is InChI=1S/C10H11FN2O/c1-7(13)9-6-8(11)2-3-10(9)14-5-4-12/h2-3,6-7H,5,13H2,1H3/t7-/m0/s1. The summed E-state index contributed by atoms with van der Waals surface area (Å²) in [4.78, 5) is 0. The molecule has 0 aliphatic carbocycles. The van der Waals surface area contributed by atoms with Gasteiger partial charge in [-0.25, -0.2) is 4.39 Å². The lowest BCUT2D eigenvalue weighted by atomic mass is 10.1. The van der Waals surface area contributed by atoms with Crippen LogP contribution in [0.3, 0.4) is 0 Å². The van der Waals surface area contributed by atoms with Crippen LogP contribution in [0.4, 0.5) is 4.39 Å². The maximum atomic E-state index is 12.9. The molecular weight excluding hydrogens is 183 g/mol. The van der Waals surface area contributed by atoms with Gasteiger partial charge in [-0.2, -0.15) is 5.26 Å². The number of ether oxygens (including phenoxy) is 1. The third-order valence-corrected chi connectivity index (χ3v) is 1.75. The monoisotopic (exact) mass is 194 g/mol. The van der Waals surface area contributed by atoms with Gasteiger partial charge < -0.3 is 10.5 Å². The lowest BCUT2D eigenvalue weighted by Gasteiger charge is -2.11. The summed E-state index contributed by atoms with van der Waals surface area (Å²) >= 11 is 0. The first-order chi connectivity index (χ1) is 6.65. The van der Waals surface area contributed by atoms with E-state index in [1.807, 2.05) is 6.07 Å². The Morgan fingerprint density at radius 3 is 2.93 bits per heavy atom. The van der Waals surface area contributed by atoms with Gasteiger partial charge in [0.25, 0.3) is 0 Å². The molecule has 0 unspecified atom stereocenters. The maximum Gasteiger partial charge on any atom is 0.174 e. The molecule has 14 heavy (non-hydrogen) atoms. The second-order valence-electron chi connectivity index (χ2n) is 2.92. The van der Waals surface area contributed by atoms with Gasteiger partial charge in [0.15, 0.2) is 6.61 Å². The molecule has 0 heterocycles. The molecule has 4 heteroatoms. The molecule has 0 amide bonds. The van der Waals surface area contributed by atoms with Crippen LogP contribution in [0.1, 0.15) is 18.5 Å². The number of halogens is 1. The number of nitrogens with zero attached hydrogens (tertiary/aromatic N) is 1. The second-order valence-corrected chi connectivity index (χ2v) is 2.92. The van der Waals surface area contributed by atoms with Gasteiger partial charge in [0, 0.05) is 11.6 Å². The van der Waals surface area contributed by atoms with Crippen LogP contribution < -0.4 is 10.5 Å². The molecule has 0 aliphatic rings. The number of nitriles is 1. The molecule has 0 aliphatic heterocycles. The van der Waals surface area contributed by atoms with E-state index in [1.54, 1.807) is 6.92 Å². The molecule has 1 rings (SSSR count). The predicted molar refractivity (Wildman–Crippen MR) is 50.1 cm³/mol. The first-order valence-electron chi connectivity index (χ1n) is 4.20. The van der Waals surface area contributed by atoms with E-state index in [4.69, 9.17) is 15.7 Å². The van der Waals surface area contributed by atoms with E-state index < -0.39 is 0 Å². The smallest absolute Gasteiger partial charge is 0.174 e.